The standard InChI is InChI=1S/C20H14F5NO3/c21-14-7-13(8-15(22)9-14)17(20(23,24)25)10-18(27)26-16(11-29-19(26)28)6-12-4-2-1-3-5-12/h1-5,7-10,16H,6,11H2/b17-10-. The fourth-order valence-corrected chi connectivity index (χ4v) is 3.00. The van der Waals surface area contributed by atoms with E-state index in [0.29, 0.717) is 23.1 Å². The van der Waals surface area contributed by atoms with Crippen molar-refractivity contribution in [2.75, 3.05) is 6.61 Å². The molecule has 1 saturated heterocycles. The maximum atomic E-state index is 13.5. The number of cyclic esters (lactones) is 1. The first-order valence-corrected chi connectivity index (χ1v) is 8.44. The largest absolute Gasteiger partial charge is 0.447 e. The summed E-state index contributed by atoms with van der Waals surface area (Å²) in [6.45, 7) is -0.177. The quantitative estimate of drug-likeness (QED) is 0.550. The van der Waals surface area contributed by atoms with Crippen LogP contribution in [0.15, 0.2) is 54.6 Å². The summed E-state index contributed by atoms with van der Waals surface area (Å²) in [6, 6.07) is 9.21. The van der Waals surface area contributed by atoms with Gasteiger partial charge in [-0.15, -0.1) is 0 Å². The van der Waals surface area contributed by atoms with Crippen LogP contribution in [0.25, 0.3) is 5.57 Å². The summed E-state index contributed by atoms with van der Waals surface area (Å²) in [5.41, 5.74) is -1.68. The van der Waals surface area contributed by atoms with Crippen molar-refractivity contribution in [2.45, 2.75) is 18.6 Å². The summed E-state index contributed by atoms with van der Waals surface area (Å²) in [5, 5.41) is 0. The summed E-state index contributed by atoms with van der Waals surface area (Å²) >= 11 is 0. The van der Waals surface area contributed by atoms with E-state index < -0.39 is 47.0 Å². The topological polar surface area (TPSA) is 46.6 Å². The Hall–Kier alpha value is -3.23. The van der Waals surface area contributed by atoms with Crippen molar-refractivity contribution in [1.29, 1.82) is 0 Å². The molecule has 1 atom stereocenters. The first-order valence-electron chi connectivity index (χ1n) is 8.44. The van der Waals surface area contributed by atoms with Crippen LogP contribution in [0.2, 0.25) is 0 Å². The minimum atomic E-state index is -5.09. The zero-order valence-electron chi connectivity index (χ0n) is 14.7. The van der Waals surface area contributed by atoms with Gasteiger partial charge >= 0.3 is 12.3 Å². The predicted octanol–water partition coefficient (Wildman–Crippen LogP) is 4.50. The maximum absolute atomic E-state index is 13.5. The molecule has 0 aromatic heterocycles. The summed E-state index contributed by atoms with van der Waals surface area (Å²) in [6.07, 6.45) is -5.84. The van der Waals surface area contributed by atoms with Crippen LogP contribution in [0, 0.1) is 11.6 Å². The highest BCUT2D eigenvalue weighted by Gasteiger charge is 2.40. The molecule has 4 nitrogen and oxygen atoms in total. The zero-order chi connectivity index (χ0) is 21.2. The summed E-state index contributed by atoms with van der Waals surface area (Å²) < 4.78 is 71.9. The Labute approximate surface area is 162 Å². The van der Waals surface area contributed by atoms with Gasteiger partial charge in [0.2, 0.25) is 0 Å². The fraction of sp³-hybridized carbons (Fsp3) is 0.200. The molecular formula is C20H14F5NO3. The van der Waals surface area contributed by atoms with Crippen LogP contribution in [0.4, 0.5) is 26.7 Å². The third-order valence-electron chi connectivity index (χ3n) is 4.26. The van der Waals surface area contributed by atoms with E-state index in [1.807, 2.05) is 0 Å². The molecular weight excluding hydrogens is 397 g/mol. The van der Waals surface area contributed by atoms with Crippen LogP contribution in [0.3, 0.4) is 0 Å². The Kier molecular flexibility index (Phi) is 5.67. The van der Waals surface area contributed by atoms with Gasteiger partial charge in [-0.2, -0.15) is 13.2 Å². The number of hydrogen-bond acceptors (Lipinski definition) is 3. The molecule has 3 rings (SSSR count). The van der Waals surface area contributed by atoms with Crippen LogP contribution in [-0.2, 0) is 16.0 Å². The second-order valence-corrected chi connectivity index (χ2v) is 6.34. The van der Waals surface area contributed by atoms with Crippen LogP contribution in [-0.4, -0.2) is 35.7 Å². The SMILES string of the molecule is O=C(/C=C(/c1cc(F)cc(F)c1)C(F)(F)F)N1C(=O)OCC1Cc1ccccc1. The van der Waals surface area contributed by atoms with Crippen molar-refractivity contribution < 1.29 is 36.3 Å². The number of hydrogen-bond donors (Lipinski definition) is 0. The molecule has 0 aliphatic carbocycles. The van der Waals surface area contributed by atoms with Crippen LogP contribution >= 0.6 is 0 Å². The van der Waals surface area contributed by atoms with E-state index in [2.05, 4.69) is 0 Å². The minimum Gasteiger partial charge on any atom is -0.447 e. The Balaban J connectivity index is 1.94. The number of rotatable bonds is 4. The number of carbonyl (C=O) groups is 2. The molecule has 29 heavy (non-hydrogen) atoms. The number of nitrogens with zero attached hydrogens (tertiary/aromatic N) is 1. The normalized spacial score (nSPS) is 17.4. The Morgan fingerprint density at radius 3 is 2.31 bits per heavy atom. The first kappa shape index (κ1) is 20.5. The number of carbonyl (C=O) groups excluding carboxylic acids is 2. The number of halogens is 5. The fourth-order valence-electron chi connectivity index (χ4n) is 3.00. The molecule has 1 aliphatic rings. The van der Waals surface area contributed by atoms with Crippen molar-refractivity contribution in [1.82, 2.24) is 4.90 Å². The molecule has 1 heterocycles. The highest BCUT2D eigenvalue weighted by Crippen LogP contribution is 2.35. The second-order valence-electron chi connectivity index (χ2n) is 6.34. The molecule has 0 saturated carbocycles. The van der Waals surface area contributed by atoms with Crippen molar-refractivity contribution >= 4 is 17.6 Å². The van der Waals surface area contributed by atoms with Crippen LogP contribution in [0.5, 0.6) is 0 Å². The maximum Gasteiger partial charge on any atom is 0.417 e. The molecule has 1 fully saturated rings. The third kappa shape index (κ3) is 4.79. The Morgan fingerprint density at radius 2 is 1.72 bits per heavy atom. The van der Waals surface area contributed by atoms with E-state index in [1.54, 1.807) is 30.3 Å². The lowest BCUT2D eigenvalue weighted by atomic mass is 10.0. The van der Waals surface area contributed by atoms with Gasteiger partial charge in [-0.25, -0.2) is 18.5 Å². The Morgan fingerprint density at radius 1 is 1.10 bits per heavy atom. The lowest BCUT2D eigenvalue weighted by Gasteiger charge is -2.19. The molecule has 0 bridgehead atoms. The average molecular weight is 411 g/mol. The number of ether oxygens (including phenoxy) is 1. The number of alkyl halides is 3. The average Bonchev–Trinajstić information content (AvgIpc) is 2.99. The van der Waals surface area contributed by atoms with Gasteiger partial charge in [0.1, 0.15) is 18.2 Å². The van der Waals surface area contributed by atoms with E-state index >= 15 is 0 Å². The number of amides is 2. The molecule has 1 unspecified atom stereocenters. The van der Waals surface area contributed by atoms with Gasteiger partial charge in [0, 0.05) is 12.1 Å². The highest BCUT2D eigenvalue weighted by molar-refractivity contribution is 6.04. The van der Waals surface area contributed by atoms with Gasteiger partial charge in [0.05, 0.1) is 11.6 Å². The molecule has 1 aliphatic heterocycles. The van der Waals surface area contributed by atoms with E-state index in [4.69, 9.17) is 4.74 Å². The number of benzene rings is 2. The Bertz CT molecular complexity index is 936. The van der Waals surface area contributed by atoms with Gasteiger partial charge in [0.25, 0.3) is 5.91 Å². The zero-order valence-corrected chi connectivity index (χ0v) is 14.7. The van der Waals surface area contributed by atoms with Gasteiger partial charge in [-0.1, -0.05) is 30.3 Å². The molecule has 0 N–H and O–H groups in total. The van der Waals surface area contributed by atoms with Gasteiger partial charge in [0.15, 0.2) is 0 Å². The van der Waals surface area contributed by atoms with E-state index in [1.165, 1.54) is 0 Å². The first-order chi connectivity index (χ1) is 13.6. The molecule has 2 amide bonds. The van der Waals surface area contributed by atoms with Crippen molar-refractivity contribution in [3.05, 3.63) is 77.4 Å². The summed E-state index contributed by atoms with van der Waals surface area (Å²) in [5.74, 6) is -3.75. The number of imide groups is 1. The van der Waals surface area contributed by atoms with Crippen molar-refractivity contribution in [2.24, 2.45) is 0 Å². The molecule has 152 valence electrons. The van der Waals surface area contributed by atoms with Crippen LogP contribution in [0.1, 0.15) is 11.1 Å². The summed E-state index contributed by atoms with van der Waals surface area (Å²) in [4.78, 5) is 25.0. The van der Waals surface area contributed by atoms with E-state index in [-0.39, 0.29) is 19.1 Å². The smallest absolute Gasteiger partial charge is 0.417 e. The minimum absolute atomic E-state index is 0.152. The van der Waals surface area contributed by atoms with Gasteiger partial charge in [-0.3, -0.25) is 4.79 Å². The molecule has 0 radical (unpaired) electrons. The van der Waals surface area contributed by atoms with Gasteiger partial charge < -0.3 is 4.74 Å². The lowest BCUT2D eigenvalue weighted by molar-refractivity contribution is -0.124. The monoisotopic (exact) mass is 411 g/mol. The second kappa shape index (κ2) is 8.02. The molecule has 0 spiro atoms. The highest BCUT2D eigenvalue weighted by atomic mass is 19.4. The van der Waals surface area contributed by atoms with E-state index in [9.17, 15) is 31.5 Å². The summed E-state index contributed by atoms with van der Waals surface area (Å²) in [7, 11) is 0. The van der Waals surface area contributed by atoms with Crippen molar-refractivity contribution in [3.63, 3.8) is 0 Å². The lowest BCUT2D eigenvalue weighted by Crippen LogP contribution is -2.39. The van der Waals surface area contributed by atoms with E-state index in [0.717, 1.165) is 5.56 Å². The molecule has 2 aromatic carbocycles. The van der Waals surface area contributed by atoms with Crippen molar-refractivity contribution in [3.8, 4) is 0 Å². The van der Waals surface area contributed by atoms with Gasteiger partial charge in [-0.05, 0) is 29.7 Å². The number of allylic oxidation sites excluding steroid dienone is 1. The molecule has 9 heteroatoms. The molecule has 2 aromatic rings. The predicted molar refractivity (Wildman–Crippen MR) is 92.5 cm³/mol. The third-order valence-corrected chi connectivity index (χ3v) is 4.26. The van der Waals surface area contributed by atoms with Crippen LogP contribution < -0.4 is 0 Å².